The Kier molecular flexibility index (Phi) is 12.8. The van der Waals surface area contributed by atoms with Crippen LogP contribution in [0.3, 0.4) is 0 Å². The maximum absolute atomic E-state index is 15.4. The van der Waals surface area contributed by atoms with Crippen LogP contribution in [0.1, 0.15) is 78.8 Å². The van der Waals surface area contributed by atoms with E-state index in [1.54, 1.807) is 19.2 Å². The number of ether oxygens (including phenoxy) is 1. The molecule has 1 unspecified atom stereocenters. The third-order valence-corrected chi connectivity index (χ3v) is 14.8. The van der Waals surface area contributed by atoms with E-state index in [1.807, 2.05) is 23.2 Å². The predicted molar refractivity (Wildman–Crippen MR) is 258 cm³/mol. The highest BCUT2D eigenvalue weighted by Crippen LogP contribution is 2.34. The van der Waals surface area contributed by atoms with Gasteiger partial charge >= 0.3 is 0 Å². The van der Waals surface area contributed by atoms with Crippen molar-refractivity contribution < 1.29 is 23.5 Å². The number of nitrogens with zero attached hydrogens (tertiary/aromatic N) is 7. The zero-order valence-corrected chi connectivity index (χ0v) is 38.8. The number of aryl methyl sites for hydroxylation is 1. The van der Waals surface area contributed by atoms with Crippen molar-refractivity contribution >= 4 is 51.2 Å². The smallest absolute Gasteiger partial charge is 0.253 e. The van der Waals surface area contributed by atoms with Crippen LogP contribution in [-0.4, -0.2) is 123 Å². The average Bonchev–Trinajstić information content (AvgIpc) is 3.89. The molecular formula is C52H61FN10O4. The molecule has 3 aromatic heterocycles. The molecule has 3 N–H and O–H groups in total. The number of hydrogen-bond donors (Lipinski definition) is 3. The van der Waals surface area contributed by atoms with Crippen molar-refractivity contribution in [2.45, 2.75) is 76.6 Å². The van der Waals surface area contributed by atoms with Crippen LogP contribution in [0.4, 0.5) is 15.8 Å². The molecule has 0 spiro atoms. The Balaban J connectivity index is 0.674. The molecule has 0 saturated carbocycles. The molecular weight excluding hydrogens is 848 g/mol. The lowest BCUT2D eigenvalue weighted by Gasteiger charge is -2.43. The third kappa shape index (κ3) is 9.54. The number of piperidine rings is 3. The first-order valence-electron chi connectivity index (χ1n) is 24.0. The molecule has 0 aliphatic carbocycles. The molecule has 3 aromatic carbocycles. The highest BCUT2D eigenvalue weighted by molar-refractivity contribution is 6.01. The Hall–Kier alpha value is -6.16. The number of carbonyl (C=O) groups excluding carboxylic acids is 3. The van der Waals surface area contributed by atoms with Crippen LogP contribution in [0.25, 0.3) is 33.2 Å². The Bertz CT molecular complexity index is 2770. The summed E-state index contributed by atoms with van der Waals surface area (Å²) in [5, 5.41) is 6.56. The minimum absolute atomic E-state index is 0.118. The van der Waals surface area contributed by atoms with Crippen molar-refractivity contribution in [2.75, 3.05) is 69.7 Å². The second-order valence-electron chi connectivity index (χ2n) is 19.2. The van der Waals surface area contributed by atoms with E-state index in [1.165, 1.54) is 17.3 Å². The minimum atomic E-state index is -0.555. The van der Waals surface area contributed by atoms with Gasteiger partial charge in [0.15, 0.2) is 0 Å². The molecule has 7 heterocycles. The maximum atomic E-state index is 15.4. The number of nitrogens with one attached hydrogen (secondary N) is 3. The zero-order valence-electron chi connectivity index (χ0n) is 38.8. The number of rotatable bonds is 12. The van der Waals surface area contributed by atoms with E-state index in [0.29, 0.717) is 36.2 Å². The first-order chi connectivity index (χ1) is 32.6. The number of likely N-dealkylation sites (tertiary alicyclic amines) is 2. The summed E-state index contributed by atoms with van der Waals surface area (Å²) in [5.41, 5.74) is 9.60. The van der Waals surface area contributed by atoms with E-state index in [9.17, 15) is 14.4 Å². The van der Waals surface area contributed by atoms with Crippen molar-refractivity contribution in [3.05, 3.63) is 107 Å². The summed E-state index contributed by atoms with van der Waals surface area (Å²) >= 11 is 0. The zero-order chi connectivity index (χ0) is 46.2. The number of piperazine rings is 1. The van der Waals surface area contributed by atoms with Crippen LogP contribution in [-0.2, 0) is 34.5 Å². The molecule has 15 heteroatoms. The number of imide groups is 1. The Morgan fingerprint density at radius 2 is 1.72 bits per heavy atom. The van der Waals surface area contributed by atoms with Gasteiger partial charge in [0.1, 0.15) is 29.9 Å². The summed E-state index contributed by atoms with van der Waals surface area (Å²) in [5.74, 6) is 0.933. The summed E-state index contributed by atoms with van der Waals surface area (Å²) in [6, 6.07) is 23.9. The second-order valence-corrected chi connectivity index (χ2v) is 19.2. The summed E-state index contributed by atoms with van der Waals surface area (Å²) in [4.78, 5) is 59.4. The van der Waals surface area contributed by atoms with Gasteiger partial charge < -0.3 is 29.4 Å². The lowest BCUT2D eigenvalue weighted by molar-refractivity contribution is -0.133. The third-order valence-electron chi connectivity index (χ3n) is 14.8. The van der Waals surface area contributed by atoms with Gasteiger partial charge in [-0.25, -0.2) is 14.4 Å². The maximum Gasteiger partial charge on any atom is 0.253 e. The molecule has 14 nitrogen and oxygen atoms in total. The molecule has 0 bridgehead atoms. The van der Waals surface area contributed by atoms with Gasteiger partial charge in [0.05, 0.1) is 16.7 Å². The number of H-pyrrole nitrogens is 1. The summed E-state index contributed by atoms with van der Waals surface area (Å²) in [7, 11) is 3.79. The number of benzene rings is 3. The topological polar surface area (TPSA) is 144 Å². The molecule has 10 rings (SSSR count). The first kappa shape index (κ1) is 44.7. The largest absolute Gasteiger partial charge is 0.377 e. The first-order valence-corrected chi connectivity index (χ1v) is 24.0. The molecule has 350 valence electrons. The molecule has 4 aliphatic rings. The van der Waals surface area contributed by atoms with Gasteiger partial charge in [-0.2, -0.15) is 0 Å². The van der Waals surface area contributed by atoms with Crippen LogP contribution < -0.4 is 15.5 Å². The molecule has 0 radical (unpaired) electrons. The lowest BCUT2D eigenvalue weighted by Crippen LogP contribution is -2.54. The molecule has 4 saturated heterocycles. The minimum Gasteiger partial charge on any atom is -0.377 e. The highest BCUT2D eigenvalue weighted by Gasteiger charge is 2.31. The Morgan fingerprint density at radius 3 is 2.46 bits per heavy atom. The van der Waals surface area contributed by atoms with Gasteiger partial charge in [-0.1, -0.05) is 18.2 Å². The fourth-order valence-electron chi connectivity index (χ4n) is 10.9. The van der Waals surface area contributed by atoms with E-state index >= 15 is 4.39 Å². The van der Waals surface area contributed by atoms with E-state index in [4.69, 9.17) is 9.72 Å². The number of imidazole rings is 1. The van der Waals surface area contributed by atoms with Gasteiger partial charge in [0, 0.05) is 101 Å². The summed E-state index contributed by atoms with van der Waals surface area (Å²) in [6.07, 6.45) is 6.65. The van der Waals surface area contributed by atoms with Gasteiger partial charge in [0.2, 0.25) is 11.8 Å². The van der Waals surface area contributed by atoms with Crippen LogP contribution in [0.2, 0.25) is 0 Å². The fourth-order valence-corrected chi connectivity index (χ4v) is 10.9. The van der Waals surface area contributed by atoms with E-state index < -0.39 is 6.04 Å². The second kappa shape index (κ2) is 19.2. The number of hydrogen-bond acceptors (Lipinski definition) is 10. The molecule has 3 amide bonds. The van der Waals surface area contributed by atoms with Gasteiger partial charge in [-0.05, 0) is 135 Å². The fraction of sp³-hybridized carbons (Fsp3) is 0.442. The number of aromatic nitrogens is 4. The number of fused-ring (bicyclic) bond motifs is 2. The number of amides is 3. The number of carbonyl (C=O) groups is 3. The molecule has 67 heavy (non-hydrogen) atoms. The number of aromatic amines is 1. The summed E-state index contributed by atoms with van der Waals surface area (Å²) < 4.78 is 22.9. The van der Waals surface area contributed by atoms with Crippen molar-refractivity contribution in [1.82, 2.24) is 39.5 Å². The van der Waals surface area contributed by atoms with E-state index in [-0.39, 0.29) is 36.0 Å². The number of methoxy groups -OCH3 is 1. The van der Waals surface area contributed by atoms with Crippen molar-refractivity contribution in [3.63, 3.8) is 0 Å². The van der Waals surface area contributed by atoms with Crippen molar-refractivity contribution in [1.29, 1.82) is 0 Å². The van der Waals surface area contributed by atoms with E-state index in [0.717, 1.165) is 129 Å². The van der Waals surface area contributed by atoms with Crippen LogP contribution in [0, 0.1) is 11.7 Å². The molecule has 6 aromatic rings. The van der Waals surface area contributed by atoms with Gasteiger partial charge in [-0.3, -0.25) is 29.5 Å². The monoisotopic (exact) mass is 908 g/mol. The van der Waals surface area contributed by atoms with Gasteiger partial charge in [-0.15, -0.1) is 0 Å². The summed E-state index contributed by atoms with van der Waals surface area (Å²) in [6.45, 7) is 10.3. The number of halogens is 1. The van der Waals surface area contributed by atoms with Crippen molar-refractivity contribution in [2.24, 2.45) is 13.0 Å². The molecule has 4 fully saturated rings. The average molecular weight is 909 g/mol. The molecule has 4 aliphatic heterocycles. The lowest BCUT2D eigenvalue weighted by atomic mass is 9.88. The van der Waals surface area contributed by atoms with Crippen LogP contribution >= 0.6 is 0 Å². The van der Waals surface area contributed by atoms with E-state index in [2.05, 4.69) is 96.3 Å². The number of anilines is 2. The molecule has 2 atom stereocenters. The van der Waals surface area contributed by atoms with Gasteiger partial charge in [0.25, 0.3) is 5.91 Å². The highest BCUT2D eigenvalue weighted by atomic mass is 19.1. The predicted octanol–water partition coefficient (Wildman–Crippen LogP) is 7.06. The van der Waals surface area contributed by atoms with Crippen LogP contribution in [0.5, 0.6) is 0 Å². The Morgan fingerprint density at radius 1 is 0.910 bits per heavy atom. The van der Waals surface area contributed by atoms with Crippen LogP contribution in [0.15, 0.2) is 79.0 Å². The quantitative estimate of drug-likeness (QED) is 0.109. The normalized spacial score (nSPS) is 20.5. The van der Waals surface area contributed by atoms with Crippen molar-refractivity contribution in [3.8, 4) is 11.1 Å². The number of pyridine rings is 1. The Labute approximate surface area is 390 Å². The SMILES string of the molecule is COCc1nc2ccc(-c3ccnc4c3cc(CN3CCC(c5ccc(C(=O)N6CCC(CN7CCN(c8ccc(NC9CCC(=O)NC9=O)cc8F)C[C@H]7C)CC6)cc5)CC3)n4C)cc2[nH]1. The standard InChI is InChI=1S/C52H61FN10O4/c1-33-29-63(47-12-9-39(27-43(47)53)55-45-11-13-49(64)58-51(45)65)25-24-62(33)30-34-15-22-61(23-16-34)52(66)37-6-4-35(5-7-37)36-17-20-60(21-18-36)31-40-28-42-41(14-19-54-50(42)59(40)2)38-8-10-44-46(26-38)57-48(56-44)32-67-3/h4-10,12,14,19,26-28,33-34,36,45,55H,11,13,15-18,20-25,29-32H2,1-3H3,(H,56,57)(H,58,64,65)/t33-,45?/m1/s1.